The lowest BCUT2D eigenvalue weighted by Gasteiger charge is -2.10. The minimum absolute atomic E-state index is 0.0673. The van der Waals surface area contributed by atoms with Gasteiger partial charge in [0, 0.05) is 11.9 Å². The van der Waals surface area contributed by atoms with Crippen molar-refractivity contribution in [3.8, 4) is 5.75 Å². The van der Waals surface area contributed by atoms with Crippen LogP contribution in [0.1, 0.15) is 0 Å². The van der Waals surface area contributed by atoms with Gasteiger partial charge in [-0.15, -0.1) is 0 Å². The number of sulfonamides is 1. The Kier molecular flexibility index (Phi) is 4.51. The summed E-state index contributed by atoms with van der Waals surface area (Å²) in [5.41, 5.74) is 2.66. The van der Waals surface area contributed by atoms with E-state index in [1.54, 1.807) is 24.3 Å². The van der Waals surface area contributed by atoms with E-state index < -0.39 is 10.0 Å². The Morgan fingerprint density at radius 3 is 2.48 bits per heavy atom. The van der Waals surface area contributed by atoms with Crippen molar-refractivity contribution in [3.63, 3.8) is 0 Å². The number of nitrogens with one attached hydrogen (secondary N) is 2. The van der Waals surface area contributed by atoms with E-state index in [1.165, 1.54) is 13.2 Å². The predicted octanol–water partition coefficient (Wildman–Crippen LogP) is 1.83. The molecule has 1 heterocycles. The van der Waals surface area contributed by atoms with Gasteiger partial charge < -0.3 is 10.2 Å². The number of benzene rings is 1. The van der Waals surface area contributed by atoms with Crippen molar-refractivity contribution in [1.29, 1.82) is 0 Å². The Balaban J connectivity index is 2.26. The summed E-state index contributed by atoms with van der Waals surface area (Å²) in [5.74, 6) is 6.01. The van der Waals surface area contributed by atoms with Crippen LogP contribution >= 0.6 is 11.6 Å². The van der Waals surface area contributed by atoms with E-state index in [2.05, 4.69) is 15.1 Å². The molecule has 0 radical (unpaired) electrons. The molecule has 0 fully saturated rings. The van der Waals surface area contributed by atoms with Crippen LogP contribution in [-0.4, -0.2) is 20.5 Å². The average molecular weight is 329 g/mol. The lowest BCUT2D eigenvalue weighted by molar-refractivity contribution is 0.415. The highest BCUT2D eigenvalue weighted by molar-refractivity contribution is 7.92. The maximum Gasteiger partial charge on any atom is 0.263 e. The lowest BCUT2D eigenvalue weighted by atomic mass is 10.3. The van der Waals surface area contributed by atoms with Crippen LogP contribution in [0.2, 0.25) is 5.02 Å². The van der Waals surface area contributed by atoms with Gasteiger partial charge in [-0.3, -0.25) is 4.72 Å². The van der Waals surface area contributed by atoms with E-state index in [0.717, 1.165) is 6.20 Å². The molecule has 0 atom stereocenters. The molecule has 0 bridgehead atoms. The number of methoxy groups -OCH3 is 1. The van der Waals surface area contributed by atoms with Crippen molar-refractivity contribution in [1.82, 2.24) is 4.98 Å². The van der Waals surface area contributed by atoms with Gasteiger partial charge in [0.15, 0.2) is 5.82 Å². The summed E-state index contributed by atoms with van der Waals surface area (Å²) in [6, 6.07) is 7.72. The van der Waals surface area contributed by atoms with Gasteiger partial charge in [0.1, 0.15) is 10.6 Å². The molecule has 1 aromatic heterocycles. The Morgan fingerprint density at radius 1 is 1.29 bits per heavy atom. The van der Waals surface area contributed by atoms with E-state index in [4.69, 9.17) is 22.2 Å². The number of aromatic nitrogens is 1. The highest BCUT2D eigenvalue weighted by Crippen LogP contribution is 2.24. The molecule has 0 spiro atoms. The second kappa shape index (κ2) is 6.17. The van der Waals surface area contributed by atoms with Crippen molar-refractivity contribution >= 4 is 33.1 Å². The highest BCUT2D eigenvalue weighted by atomic mass is 35.5. The first kappa shape index (κ1) is 15.4. The Labute approximate surface area is 127 Å². The van der Waals surface area contributed by atoms with Gasteiger partial charge in [-0.1, -0.05) is 11.6 Å². The van der Waals surface area contributed by atoms with E-state index in [0.29, 0.717) is 11.4 Å². The number of ether oxygens (including phenoxy) is 1. The summed E-state index contributed by atoms with van der Waals surface area (Å²) >= 11 is 5.86. The van der Waals surface area contributed by atoms with Gasteiger partial charge in [-0.2, -0.15) is 0 Å². The number of nitrogen functional groups attached to an aromatic ring is 1. The van der Waals surface area contributed by atoms with Gasteiger partial charge in [-0.05, 0) is 30.3 Å². The van der Waals surface area contributed by atoms with Crippen LogP contribution in [0.5, 0.6) is 5.75 Å². The molecule has 112 valence electrons. The van der Waals surface area contributed by atoms with Crippen molar-refractivity contribution < 1.29 is 13.2 Å². The van der Waals surface area contributed by atoms with Crippen molar-refractivity contribution in [3.05, 3.63) is 41.6 Å². The average Bonchev–Trinajstić information content (AvgIpc) is 2.47. The minimum Gasteiger partial charge on any atom is -0.497 e. The summed E-state index contributed by atoms with van der Waals surface area (Å²) in [6.45, 7) is 0. The van der Waals surface area contributed by atoms with Crippen LogP contribution < -0.4 is 20.7 Å². The maximum atomic E-state index is 12.2. The topological polar surface area (TPSA) is 106 Å². The lowest BCUT2D eigenvalue weighted by Crippen LogP contribution is -2.14. The maximum absolute atomic E-state index is 12.2. The second-order valence-electron chi connectivity index (χ2n) is 3.98. The van der Waals surface area contributed by atoms with Crippen LogP contribution in [0.3, 0.4) is 0 Å². The summed E-state index contributed by atoms with van der Waals surface area (Å²) in [7, 11) is -2.26. The van der Waals surface area contributed by atoms with Crippen molar-refractivity contribution in [2.75, 3.05) is 17.3 Å². The van der Waals surface area contributed by atoms with E-state index in [1.807, 2.05) is 0 Å². The van der Waals surface area contributed by atoms with Crippen LogP contribution in [0, 0.1) is 0 Å². The minimum atomic E-state index is -3.79. The Bertz CT molecular complexity index is 735. The summed E-state index contributed by atoms with van der Waals surface area (Å²) in [6.07, 6.45) is 1.16. The fourth-order valence-electron chi connectivity index (χ4n) is 1.55. The third-order valence-corrected chi connectivity index (χ3v) is 4.24. The summed E-state index contributed by atoms with van der Waals surface area (Å²) < 4.78 is 31.8. The van der Waals surface area contributed by atoms with E-state index >= 15 is 0 Å². The quantitative estimate of drug-likeness (QED) is 0.571. The number of nitrogens with two attached hydrogens (primary N) is 1. The summed E-state index contributed by atoms with van der Waals surface area (Å²) in [5, 5.41) is 0.107. The standard InChI is InChI=1S/C12H13ClN4O3S/c1-20-9-4-2-8(3-5-9)17-21(18,19)10-6-11(13)12(16-14)15-7-10/h2-7,17H,14H2,1H3,(H,15,16). The molecule has 0 aliphatic rings. The molecule has 2 aromatic rings. The third-order valence-electron chi connectivity index (χ3n) is 2.61. The molecule has 7 nitrogen and oxygen atoms in total. The Morgan fingerprint density at radius 2 is 1.95 bits per heavy atom. The first-order valence-corrected chi connectivity index (χ1v) is 7.61. The fraction of sp³-hybridized carbons (Fsp3) is 0.0833. The fourth-order valence-corrected chi connectivity index (χ4v) is 2.86. The Hall–Kier alpha value is -2.03. The molecule has 2 rings (SSSR count). The molecule has 9 heteroatoms. The van der Waals surface area contributed by atoms with Gasteiger partial charge in [0.2, 0.25) is 0 Å². The number of hydrogen-bond acceptors (Lipinski definition) is 6. The zero-order chi connectivity index (χ0) is 15.5. The number of rotatable bonds is 5. The van der Waals surface area contributed by atoms with Crippen LogP contribution in [0.4, 0.5) is 11.5 Å². The van der Waals surface area contributed by atoms with Gasteiger partial charge in [-0.25, -0.2) is 19.2 Å². The number of halogens is 1. The third kappa shape index (κ3) is 3.54. The predicted molar refractivity (Wildman–Crippen MR) is 80.9 cm³/mol. The summed E-state index contributed by atoms with van der Waals surface area (Å²) in [4.78, 5) is 3.76. The number of hydrogen-bond donors (Lipinski definition) is 3. The molecule has 0 unspecified atom stereocenters. The van der Waals surface area contributed by atoms with Crippen molar-refractivity contribution in [2.45, 2.75) is 4.90 Å². The van der Waals surface area contributed by atoms with Gasteiger partial charge in [0.25, 0.3) is 10.0 Å². The zero-order valence-corrected chi connectivity index (χ0v) is 12.6. The SMILES string of the molecule is COc1ccc(NS(=O)(=O)c2cnc(NN)c(Cl)c2)cc1. The molecular formula is C12H13ClN4O3S. The zero-order valence-electron chi connectivity index (χ0n) is 11.0. The molecule has 0 saturated heterocycles. The monoisotopic (exact) mass is 328 g/mol. The molecule has 0 saturated carbocycles. The first-order chi connectivity index (χ1) is 9.96. The normalized spacial score (nSPS) is 11.0. The molecular weight excluding hydrogens is 316 g/mol. The highest BCUT2D eigenvalue weighted by Gasteiger charge is 2.16. The number of hydrazine groups is 1. The smallest absolute Gasteiger partial charge is 0.263 e. The second-order valence-corrected chi connectivity index (χ2v) is 6.07. The molecule has 0 amide bonds. The van der Waals surface area contributed by atoms with Crippen LogP contribution in [-0.2, 0) is 10.0 Å². The largest absolute Gasteiger partial charge is 0.497 e. The molecule has 0 aliphatic heterocycles. The number of anilines is 2. The molecule has 0 aliphatic carbocycles. The van der Waals surface area contributed by atoms with E-state index in [9.17, 15) is 8.42 Å². The first-order valence-electron chi connectivity index (χ1n) is 5.75. The number of pyridine rings is 1. The molecule has 21 heavy (non-hydrogen) atoms. The van der Waals surface area contributed by atoms with Crippen LogP contribution in [0.15, 0.2) is 41.4 Å². The molecule has 4 N–H and O–H groups in total. The number of nitrogens with zero attached hydrogens (tertiary/aromatic N) is 1. The van der Waals surface area contributed by atoms with E-state index in [-0.39, 0.29) is 15.7 Å². The van der Waals surface area contributed by atoms with Gasteiger partial charge in [0.05, 0.1) is 12.1 Å². The van der Waals surface area contributed by atoms with Crippen LogP contribution in [0.25, 0.3) is 0 Å². The molecule has 1 aromatic carbocycles. The van der Waals surface area contributed by atoms with Crippen molar-refractivity contribution in [2.24, 2.45) is 5.84 Å². The van der Waals surface area contributed by atoms with Gasteiger partial charge >= 0.3 is 0 Å².